The monoisotopic (exact) mass is 433 g/mol. The highest BCUT2D eigenvalue weighted by Gasteiger charge is 2.34. The summed E-state index contributed by atoms with van der Waals surface area (Å²) in [6.07, 6.45) is 3.13. The molecule has 0 saturated carbocycles. The highest BCUT2D eigenvalue weighted by atomic mass is 19.4. The van der Waals surface area contributed by atoms with Crippen LogP contribution >= 0.6 is 0 Å². The number of aliphatic hydroxyl groups is 1. The molecule has 0 fully saturated rings. The van der Waals surface area contributed by atoms with Crippen molar-refractivity contribution < 1.29 is 27.5 Å². The molecule has 3 rings (SSSR count). The summed E-state index contributed by atoms with van der Waals surface area (Å²) in [6, 6.07) is 8.51. The maximum absolute atomic E-state index is 13.4. The summed E-state index contributed by atoms with van der Waals surface area (Å²) in [5.74, 6) is -1.25. The van der Waals surface area contributed by atoms with Gasteiger partial charge < -0.3 is 15.3 Å². The number of nitrogens with zero attached hydrogens (tertiary/aromatic N) is 2. The lowest BCUT2D eigenvalue weighted by molar-refractivity contribution is -0.137. The van der Waals surface area contributed by atoms with Crippen LogP contribution in [0.15, 0.2) is 36.4 Å². The number of carbonyl (C=O) groups is 1. The molecule has 0 spiro atoms. The SMILES string of the molecule is C#C.N#Cc1ccc(NC(=O)[C@@H](O)CN2CCCc3cc(F)ccc32)cc1C(F)(F)F. The summed E-state index contributed by atoms with van der Waals surface area (Å²) in [6.45, 7) is 0.463. The molecule has 2 N–H and O–H groups in total. The van der Waals surface area contributed by atoms with E-state index >= 15 is 0 Å². The molecule has 162 valence electrons. The Morgan fingerprint density at radius 2 is 1.97 bits per heavy atom. The van der Waals surface area contributed by atoms with Crippen molar-refractivity contribution in [1.29, 1.82) is 5.26 Å². The smallest absolute Gasteiger partial charge is 0.381 e. The summed E-state index contributed by atoms with van der Waals surface area (Å²) in [5, 5.41) is 21.3. The Hall–Kier alpha value is -3.56. The van der Waals surface area contributed by atoms with E-state index in [1.165, 1.54) is 18.2 Å². The summed E-state index contributed by atoms with van der Waals surface area (Å²) in [4.78, 5) is 14.0. The van der Waals surface area contributed by atoms with E-state index in [0.717, 1.165) is 24.1 Å². The standard InChI is InChI=1S/C20H17F4N3O2.C2H2/c21-14-4-6-17-12(8-14)2-1-7-27(17)11-18(28)19(29)26-15-5-3-13(10-25)16(9-15)20(22,23)24;1-2/h3-6,8-9,18,28H,1-2,7,11H2,(H,26,29);1-2H/t18-;/m0./s1. The highest BCUT2D eigenvalue weighted by Crippen LogP contribution is 2.33. The second-order valence-corrected chi connectivity index (χ2v) is 6.70. The quantitative estimate of drug-likeness (QED) is 0.569. The van der Waals surface area contributed by atoms with Crippen LogP contribution in [0.3, 0.4) is 0 Å². The Kier molecular flexibility index (Phi) is 7.62. The van der Waals surface area contributed by atoms with Crippen molar-refractivity contribution in [2.24, 2.45) is 0 Å². The van der Waals surface area contributed by atoms with Gasteiger partial charge in [-0.25, -0.2) is 4.39 Å². The van der Waals surface area contributed by atoms with Crippen molar-refractivity contribution in [3.8, 4) is 18.9 Å². The number of nitrogens with one attached hydrogen (secondary N) is 1. The first-order chi connectivity index (χ1) is 14.7. The van der Waals surface area contributed by atoms with Crippen molar-refractivity contribution in [2.75, 3.05) is 23.3 Å². The zero-order chi connectivity index (χ0) is 23.2. The number of aliphatic hydroxyl groups excluding tert-OH is 1. The van der Waals surface area contributed by atoms with E-state index in [1.54, 1.807) is 11.0 Å². The van der Waals surface area contributed by atoms with Gasteiger partial charge in [0.2, 0.25) is 0 Å². The molecule has 1 atom stereocenters. The molecule has 0 aromatic heterocycles. The minimum Gasteiger partial charge on any atom is -0.381 e. The molecule has 31 heavy (non-hydrogen) atoms. The van der Waals surface area contributed by atoms with E-state index in [1.807, 2.05) is 0 Å². The molecule has 5 nitrogen and oxygen atoms in total. The second kappa shape index (κ2) is 9.96. The van der Waals surface area contributed by atoms with Crippen LogP contribution in [0.4, 0.5) is 28.9 Å². The predicted octanol–water partition coefficient (Wildman–Crippen LogP) is 3.72. The van der Waals surface area contributed by atoms with E-state index in [4.69, 9.17) is 5.26 Å². The number of hydrogen-bond acceptors (Lipinski definition) is 4. The molecule has 2 aromatic carbocycles. The van der Waals surface area contributed by atoms with Gasteiger partial charge in [-0.1, -0.05) is 0 Å². The molecule has 0 aliphatic carbocycles. The zero-order valence-corrected chi connectivity index (χ0v) is 16.3. The van der Waals surface area contributed by atoms with Crippen LogP contribution < -0.4 is 10.2 Å². The fourth-order valence-electron chi connectivity index (χ4n) is 3.30. The lowest BCUT2D eigenvalue weighted by Crippen LogP contribution is -2.42. The molecular formula is C22H19F4N3O2. The third-order valence-corrected chi connectivity index (χ3v) is 4.67. The number of carbonyl (C=O) groups excluding carboxylic acids is 1. The number of alkyl halides is 3. The van der Waals surface area contributed by atoms with Crippen molar-refractivity contribution in [3.05, 3.63) is 58.9 Å². The Morgan fingerprint density at radius 3 is 2.61 bits per heavy atom. The van der Waals surface area contributed by atoms with Crippen molar-refractivity contribution in [3.63, 3.8) is 0 Å². The van der Waals surface area contributed by atoms with Crippen LogP contribution in [0.25, 0.3) is 0 Å². The van der Waals surface area contributed by atoms with Gasteiger partial charge in [-0.2, -0.15) is 18.4 Å². The van der Waals surface area contributed by atoms with Crippen molar-refractivity contribution in [2.45, 2.75) is 25.1 Å². The molecule has 0 unspecified atom stereocenters. The van der Waals surface area contributed by atoms with Crippen LogP contribution in [0, 0.1) is 30.0 Å². The summed E-state index contributed by atoms with van der Waals surface area (Å²) < 4.78 is 52.5. The normalized spacial score (nSPS) is 13.8. The van der Waals surface area contributed by atoms with Gasteiger partial charge in [0, 0.05) is 17.9 Å². The molecule has 1 aliphatic rings. The molecule has 1 heterocycles. The number of fused-ring (bicyclic) bond motifs is 1. The zero-order valence-electron chi connectivity index (χ0n) is 16.3. The number of β-amino-alcohol motifs (C(OH)–C–C–N with tert-alkyl or cyclic N) is 1. The molecule has 0 saturated heterocycles. The largest absolute Gasteiger partial charge is 0.417 e. The maximum atomic E-state index is 13.4. The first-order valence-corrected chi connectivity index (χ1v) is 9.16. The van der Waals surface area contributed by atoms with Gasteiger partial charge in [0.15, 0.2) is 6.10 Å². The number of terminal acetylenes is 1. The molecule has 9 heteroatoms. The number of hydrogen-bond donors (Lipinski definition) is 2. The Labute approximate surface area is 176 Å². The molecule has 0 bridgehead atoms. The third kappa shape index (κ3) is 5.74. The minimum absolute atomic E-state index is 0.0904. The first-order valence-electron chi connectivity index (χ1n) is 9.16. The lowest BCUT2D eigenvalue weighted by atomic mass is 10.0. The van der Waals surface area contributed by atoms with E-state index < -0.39 is 29.3 Å². The minimum atomic E-state index is -4.75. The first kappa shape index (κ1) is 23.7. The third-order valence-electron chi connectivity index (χ3n) is 4.67. The highest BCUT2D eigenvalue weighted by molar-refractivity contribution is 5.94. The second-order valence-electron chi connectivity index (χ2n) is 6.70. The average Bonchev–Trinajstić information content (AvgIpc) is 2.74. The molecular weight excluding hydrogens is 414 g/mol. The van der Waals surface area contributed by atoms with Gasteiger partial charge >= 0.3 is 6.18 Å². The number of benzene rings is 2. The van der Waals surface area contributed by atoms with E-state index in [2.05, 4.69) is 18.2 Å². The topological polar surface area (TPSA) is 76.4 Å². The number of anilines is 2. The fourth-order valence-corrected chi connectivity index (χ4v) is 3.30. The van der Waals surface area contributed by atoms with Crippen LogP contribution in [-0.4, -0.2) is 30.2 Å². The van der Waals surface area contributed by atoms with Crippen LogP contribution in [0.2, 0.25) is 0 Å². The van der Waals surface area contributed by atoms with Gasteiger partial charge in [0.25, 0.3) is 5.91 Å². The number of rotatable bonds is 4. The molecule has 1 aliphatic heterocycles. The predicted molar refractivity (Wildman–Crippen MR) is 108 cm³/mol. The van der Waals surface area contributed by atoms with E-state index in [0.29, 0.717) is 24.7 Å². The fraction of sp³-hybridized carbons (Fsp3) is 0.273. The number of aryl methyl sites for hydroxylation is 1. The maximum Gasteiger partial charge on any atom is 0.417 e. The van der Waals surface area contributed by atoms with Gasteiger partial charge in [-0.3, -0.25) is 4.79 Å². The Bertz CT molecular complexity index is 1010. The summed E-state index contributed by atoms with van der Waals surface area (Å²) in [5.41, 5.74) is -0.429. The summed E-state index contributed by atoms with van der Waals surface area (Å²) in [7, 11) is 0. The lowest BCUT2D eigenvalue weighted by Gasteiger charge is -2.32. The Balaban J connectivity index is 0.00000166. The number of halogens is 4. The van der Waals surface area contributed by atoms with Gasteiger partial charge in [-0.15, -0.1) is 12.8 Å². The molecule has 1 amide bonds. The van der Waals surface area contributed by atoms with Gasteiger partial charge in [-0.05, 0) is 54.8 Å². The van der Waals surface area contributed by atoms with Crippen molar-refractivity contribution in [1.82, 2.24) is 0 Å². The van der Waals surface area contributed by atoms with Crippen LogP contribution in [0.5, 0.6) is 0 Å². The van der Waals surface area contributed by atoms with Crippen molar-refractivity contribution >= 4 is 17.3 Å². The molecule has 0 radical (unpaired) electrons. The van der Waals surface area contributed by atoms with E-state index in [-0.39, 0.29) is 18.0 Å². The van der Waals surface area contributed by atoms with Gasteiger partial charge in [0.1, 0.15) is 5.82 Å². The van der Waals surface area contributed by atoms with Crippen LogP contribution in [-0.2, 0) is 17.4 Å². The number of amides is 1. The Morgan fingerprint density at radius 1 is 1.26 bits per heavy atom. The van der Waals surface area contributed by atoms with Crippen LogP contribution in [0.1, 0.15) is 23.1 Å². The average molecular weight is 433 g/mol. The van der Waals surface area contributed by atoms with E-state index in [9.17, 15) is 27.5 Å². The van der Waals surface area contributed by atoms with Gasteiger partial charge in [0.05, 0.1) is 23.7 Å². The number of nitriles is 1. The molecule has 2 aromatic rings. The summed E-state index contributed by atoms with van der Waals surface area (Å²) >= 11 is 0.